The Labute approximate surface area is 92.7 Å². The summed E-state index contributed by atoms with van der Waals surface area (Å²) < 4.78 is 9.61. The van der Waals surface area contributed by atoms with Gasteiger partial charge >= 0.3 is 5.97 Å². The van der Waals surface area contributed by atoms with Crippen LogP contribution in [0.5, 0.6) is 0 Å². The summed E-state index contributed by atoms with van der Waals surface area (Å²) >= 11 is 0. The van der Waals surface area contributed by atoms with E-state index in [1.807, 2.05) is 0 Å². The number of carbonyl (C=O) groups is 1. The summed E-state index contributed by atoms with van der Waals surface area (Å²) in [6, 6.07) is 0. The second kappa shape index (κ2) is 6.09. The third-order valence-electron chi connectivity index (χ3n) is 1.28. The summed E-state index contributed by atoms with van der Waals surface area (Å²) in [6.07, 6.45) is 0. The Morgan fingerprint density at radius 1 is 1.45 bits per heavy atom. The molecule has 0 aromatic heterocycles. The molecule has 0 saturated heterocycles. The van der Waals surface area contributed by atoms with Gasteiger partial charge in [-0.25, -0.2) is 4.79 Å². The Hall–Kier alpha value is 0.534. The first-order valence-electron chi connectivity index (χ1n) is 3.27. The molecule has 0 N–H and O–H groups in total. The molecule has 11 heavy (non-hydrogen) atoms. The summed E-state index contributed by atoms with van der Waals surface area (Å²) in [4.78, 5) is 10.9. The van der Waals surface area contributed by atoms with Crippen LogP contribution < -0.4 is 0 Å². The molecule has 0 atom stereocenters. The second-order valence-corrected chi connectivity index (χ2v) is 2.43. The molecule has 0 aliphatic heterocycles. The molecule has 63 valence electrons. The van der Waals surface area contributed by atoms with E-state index in [9.17, 15) is 4.79 Å². The second-order valence-electron chi connectivity index (χ2n) is 2.43. The van der Waals surface area contributed by atoms with Crippen molar-refractivity contribution in [1.82, 2.24) is 0 Å². The Bertz CT molecular complexity index is 123. The Balaban J connectivity index is 0. The van der Waals surface area contributed by atoms with Gasteiger partial charge < -0.3 is 9.47 Å². The maximum atomic E-state index is 10.9. The van der Waals surface area contributed by atoms with E-state index in [0.717, 1.165) is 0 Å². The predicted octanol–water partition coefficient (Wildman–Crippen LogP) is 0.972. The smallest absolute Gasteiger partial charge is 0.337 e. The number of rotatable bonds is 3. The summed E-state index contributed by atoms with van der Waals surface area (Å²) in [5.74, 6) is -0.322. The molecule has 4 heteroatoms. The van der Waals surface area contributed by atoms with Crippen LogP contribution in [0.2, 0.25) is 0 Å². The minimum absolute atomic E-state index is 0. The Kier molecular flexibility index (Phi) is 7.80. The number of esters is 1. The number of ether oxygens (including phenoxy) is 2. The SMILES string of the molecule is CCOC(=O)C(C)(C)OC.[Y]. The van der Waals surface area contributed by atoms with Gasteiger partial charge in [-0.2, -0.15) is 0 Å². The standard InChI is InChI=1S/C7H14O3.Y/c1-5-10-6(8)7(2,3)9-4;/h5H2,1-4H3;. The van der Waals surface area contributed by atoms with Gasteiger partial charge in [-0.15, -0.1) is 0 Å². The maximum absolute atomic E-state index is 10.9. The van der Waals surface area contributed by atoms with Gasteiger partial charge in [0.15, 0.2) is 5.60 Å². The van der Waals surface area contributed by atoms with Gasteiger partial charge in [-0.05, 0) is 20.8 Å². The average Bonchev–Trinajstić information content (AvgIpc) is 1.89. The van der Waals surface area contributed by atoms with Gasteiger partial charge in [0.25, 0.3) is 0 Å². The molecule has 0 amide bonds. The first-order valence-corrected chi connectivity index (χ1v) is 3.27. The van der Waals surface area contributed by atoms with Crippen LogP contribution in [-0.4, -0.2) is 25.3 Å². The zero-order chi connectivity index (χ0) is 8.20. The number of hydrogen-bond acceptors (Lipinski definition) is 3. The van der Waals surface area contributed by atoms with Crippen molar-refractivity contribution in [1.29, 1.82) is 0 Å². The largest absolute Gasteiger partial charge is 0.464 e. The van der Waals surface area contributed by atoms with E-state index >= 15 is 0 Å². The van der Waals surface area contributed by atoms with Crippen molar-refractivity contribution in [3.63, 3.8) is 0 Å². The monoisotopic (exact) mass is 235 g/mol. The number of methoxy groups -OCH3 is 1. The molecule has 0 rings (SSSR count). The van der Waals surface area contributed by atoms with Crippen LogP contribution >= 0.6 is 0 Å². The van der Waals surface area contributed by atoms with Gasteiger partial charge in [0.2, 0.25) is 0 Å². The van der Waals surface area contributed by atoms with E-state index in [2.05, 4.69) is 0 Å². The Morgan fingerprint density at radius 2 is 1.91 bits per heavy atom. The molecule has 0 unspecified atom stereocenters. The molecule has 0 fully saturated rings. The van der Waals surface area contributed by atoms with Crippen molar-refractivity contribution >= 4 is 5.97 Å². The molecule has 0 aromatic rings. The number of carbonyl (C=O) groups excluding carboxylic acids is 1. The normalized spacial score (nSPS) is 10.2. The third kappa shape index (κ3) is 4.88. The van der Waals surface area contributed by atoms with Gasteiger partial charge in [0.05, 0.1) is 6.61 Å². The summed E-state index contributed by atoms with van der Waals surface area (Å²) in [5.41, 5.74) is -0.810. The predicted molar refractivity (Wildman–Crippen MR) is 37.7 cm³/mol. The average molecular weight is 235 g/mol. The van der Waals surface area contributed by atoms with E-state index < -0.39 is 5.60 Å². The zero-order valence-corrected chi connectivity index (χ0v) is 10.3. The van der Waals surface area contributed by atoms with Crippen molar-refractivity contribution in [2.24, 2.45) is 0 Å². The summed E-state index contributed by atoms with van der Waals surface area (Å²) in [5, 5.41) is 0. The van der Waals surface area contributed by atoms with Gasteiger partial charge in [-0.1, -0.05) is 0 Å². The van der Waals surface area contributed by atoms with Crippen molar-refractivity contribution in [3.05, 3.63) is 0 Å². The van der Waals surface area contributed by atoms with Crippen molar-refractivity contribution in [3.8, 4) is 0 Å². The van der Waals surface area contributed by atoms with Gasteiger partial charge in [0, 0.05) is 39.8 Å². The van der Waals surface area contributed by atoms with Gasteiger partial charge in [-0.3, -0.25) is 0 Å². The summed E-state index contributed by atoms with van der Waals surface area (Å²) in [7, 11) is 1.48. The fourth-order valence-corrected chi connectivity index (χ4v) is 0.388. The molecular formula is C7H14O3Y. The minimum Gasteiger partial charge on any atom is -0.464 e. The first-order chi connectivity index (χ1) is 4.54. The van der Waals surface area contributed by atoms with E-state index in [4.69, 9.17) is 9.47 Å². The van der Waals surface area contributed by atoms with Crippen LogP contribution in [0, 0.1) is 0 Å². The topological polar surface area (TPSA) is 35.5 Å². The van der Waals surface area contributed by atoms with Crippen LogP contribution in [0.4, 0.5) is 0 Å². The van der Waals surface area contributed by atoms with Crippen molar-refractivity contribution < 1.29 is 47.0 Å². The van der Waals surface area contributed by atoms with Crippen molar-refractivity contribution in [2.75, 3.05) is 13.7 Å². The first kappa shape index (κ1) is 14.1. The van der Waals surface area contributed by atoms with Crippen molar-refractivity contribution in [2.45, 2.75) is 26.4 Å². The van der Waals surface area contributed by atoms with Crippen LogP contribution in [0.15, 0.2) is 0 Å². The minimum atomic E-state index is -0.810. The molecule has 0 spiro atoms. The molecule has 0 saturated carbocycles. The maximum Gasteiger partial charge on any atom is 0.337 e. The summed E-state index contributed by atoms with van der Waals surface area (Å²) in [6.45, 7) is 5.51. The van der Waals surface area contributed by atoms with Crippen LogP contribution in [0.3, 0.4) is 0 Å². The van der Waals surface area contributed by atoms with E-state index in [1.54, 1.807) is 20.8 Å². The molecule has 0 heterocycles. The van der Waals surface area contributed by atoms with E-state index in [0.29, 0.717) is 6.61 Å². The molecule has 1 radical (unpaired) electrons. The van der Waals surface area contributed by atoms with Crippen LogP contribution in [0.25, 0.3) is 0 Å². The third-order valence-corrected chi connectivity index (χ3v) is 1.28. The van der Waals surface area contributed by atoms with Crippen LogP contribution in [-0.2, 0) is 47.0 Å². The quantitative estimate of drug-likeness (QED) is 0.684. The van der Waals surface area contributed by atoms with E-state index in [-0.39, 0.29) is 38.7 Å². The molecule has 0 bridgehead atoms. The molecule has 3 nitrogen and oxygen atoms in total. The molecular weight excluding hydrogens is 221 g/mol. The molecule has 0 aliphatic carbocycles. The van der Waals surface area contributed by atoms with Crippen LogP contribution in [0.1, 0.15) is 20.8 Å². The van der Waals surface area contributed by atoms with Gasteiger partial charge in [0.1, 0.15) is 0 Å². The zero-order valence-electron chi connectivity index (χ0n) is 7.51. The molecule has 0 aliphatic rings. The fourth-order valence-electron chi connectivity index (χ4n) is 0.388. The Morgan fingerprint density at radius 3 is 2.18 bits per heavy atom. The number of hydrogen-bond donors (Lipinski definition) is 0. The molecule has 0 aromatic carbocycles. The fraction of sp³-hybridized carbons (Fsp3) is 0.857. The van der Waals surface area contributed by atoms with E-state index in [1.165, 1.54) is 7.11 Å².